The number of benzene rings is 1. The van der Waals surface area contributed by atoms with Gasteiger partial charge in [0.1, 0.15) is 15.6 Å². The van der Waals surface area contributed by atoms with Crippen LogP contribution in [0.2, 0.25) is 0 Å². The van der Waals surface area contributed by atoms with Crippen LogP contribution in [0.15, 0.2) is 40.6 Å². The zero-order chi connectivity index (χ0) is 20.9. The van der Waals surface area contributed by atoms with E-state index in [4.69, 9.17) is 0 Å². The number of anilines is 1. The smallest absolute Gasteiger partial charge is 0.262 e. The summed E-state index contributed by atoms with van der Waals surface area (Å²) in [6.45, 7) is 3.88. The maximum absolute atomic E-state index is 14.0. The Labute approximate surface area is 175 Å². The molecule has 0 unspecified atom stereocenters. The molecule has 2 heterocycles. The molecule has 0 aliphatic carbocycles. The molecule has 0 spiro atoms. The van der Waals surface area contributed by atoms with Crippen molar-refractivity contribution in [2.24, 2.45) is 0 Å². The fraction of sp³-hybridized carbons (Fsp3) is 0.450. The number of sulfonamides is 1. The van der Waals surface area contributed by atoms with Gasteiger partial charge in [-0.2, -0.15) is 4.31 Å². The number of para-hydroxylation sites is 1. The van der Waals surface area contributed by atoms with Crippen molar-refractivity contribution in [2.45, 2.75) is 31.1 Å². The molecule has 0 radical (unpaired) electrons. The van der Waals surface area contributed by atoms with E-state index in [0.29, 0.717) is 25.3 Å². The predicted octanol–water partition coefficient (Wildman–Crippen LogP) is 3.32. The molecule has 1 aliphatic heterocycles. The van der Waals surface area contributed by atoms with Gasteiger partial charge in [0, 0.05) is 32.7 Å². The number of hydrogen-bond donors (Lipinski definition) is 1. The zero-order valence-corrected chi connectivity index (χ0v) is 18.1. The number of unbranched alkanes of at least 4 members (excludes halogenated alkanes) is 2. The van der Waals surface area contributed by atoms with Gasteiger partial charge in [0.2, 0.25) is 10.0 Å². The summed E-state index contributed by atoms with van der Waals surface area (Å²) in [5, 5.41) is 4.44. The Kier molecular flexibility index (Phi) is 7.26. The van der Waals surface area contributed by atoms with Crippen LogP contribution in [0.5, 0.6) is 0 Å². The van der Waals surface area contributed by atoms with E-state index in [9.17, 15) is 17.6 Å². The van der Waals surface area contributed by atoms with Crippen LogP contribution in [0.25, 0.3) is 0 Å². The van der Waals surface area contributed by atoms with Crippen LogP contribution in [0, 0.1) is 5.82 Å². The van der Waals surface area contributed by atoms with Crippen molar-refractivity contribution in [3.05, 3.63) is 46.4 Å². The first-order valence-corrected chi connectivity index (χ1v) is 12.1. The Balaban J connectivity index is 1.67. The predicted molar refractivity (Wildman–Crippen MR) is 114 cm³/mol. The highest BCUT2D eigenvalue weighted by molar-refractivity contribution is 7.89. The molecule has 2 aromatic rings. The van der Waals surface area contributed by atoms with Gasteiger partial charge in [0.05, 0.1) is 5.69 Å². The molecular formula is C20H26FN3O3S2. The highest BCUT2D eigenvalue weighted by Crippen LogP contribution is 2.27. The zero-order valence-electron chi connectivity index (χ0n) is 16.4. The van der Waals surface area contributed by atoms with Crippen molar-refractivity contribution >= 4 is 33.0 Å². The van der Waals surface area contributed by atoms with E-state index >= 15 is 0 Å². The third-order valence-electron chi connectivity index (χ3n) is 4.95. The summed E-state index contributed by atoms with van der Waals surface area (Å²) in [5.41, 5.74) is 0.479. The molecule has 3 rings (SSSR count). The first-order chi connectivity index (χ1) is 13.9. The van der Waals surface area contributed by atoms with Gasteiger partial charge in [-0.25, -0.2) is 12.8 Å². The summed E-state index contributed by atoms with van der Waals surface area (Å²) < 4.78 is 41.6. The molecule has 0 bridgehead atoms. The van der Waals surface area contributed by atoms with Crippen LogP contribution in [0.4, 0.5) is 10.1 Å². The van der Waals surface area contributed by atoms with Gasteiger partial charge in [-0.3, -0.25) is 4.79 Å². The van der Waals surface area contributed by atoms with E-state index in [-0.39, 0.29) is 34.6 Å². The van der Waals surface area contributed by atoms with E-state index in [0.717, 1.165) is 30.6 Å². The van der Waals surface area contributed by atoms with Crippen molar-refractivity contribution in [3.8, 4) is 0 Å². The number of carbonyl (C=O) groups excluding carboxylic acids is 1. The monoisotopic (exact) mass is 439 g/mol. The van der Waals surface area contributed by atoms with E-state index in [1.807, 2.05) is 4.90 Å². The number of carbonyl (C=O) groups is 1. The second-order valence-electron chi connectivity index (χ2n) is 6.92. The molecule has 1 fully saturated rings. The SMILES string of the molecule is CCCCCNC(=O)c1sccc1S(=O)(=O)N1CCN(c2ccccc2F)CC1. The number of hydrogen-bond acceptors (Lipinski definition) is 5. The quantitative estimate of drug-likeness (QED) is 0.641. The van der Waals surface area contributed by atoms with Crippen molar-refractivity contribution in [2.75, 3.05) is 37.6 Å². The van der Waals surface area contributed by atoms with Gasteiger partial charge in [-0.15, -0.1) is 11.3 Å². The summed E-state index contributed by atoms with van der Waals surface area (Å²) in [4.78, 5) is 14.6. The number of amides is 1. The van der Waals surface area contributed by atoms with E-state index in [2.05, 4.69) is 12.2 Å². The number of nitrogens with one attached hydrogen (secondary N) is 1. The van der Waals surface area contributed by atoms with Gasteiger partial charge in [0.25, 0.3) is 5.91 Å². The maximum Gasteiger partial charge on any atom is 0.262 e. The van der Waals surface area contributed by atoms with Gasteiger partial charge in [0.15, 0.2) is 0 Å². The van der Waals surface area contributed by atoms with Crippen LogP contribution < -0.4 is 10.2 Å². The number of thiophene rings is 1. The fourth-order valence-corrected chi connectivity index (χ4v) is 6.08. The van der Waals surface area contributed by atoms with Crippen molar-refractivity contribution in [3.63, 3.8) is 0 Å². The van der Waals surface area contributed by atoms with Crippen molar-refractivity contribution in [1.29, 1.82) is 0 Å². The van der Waals surface area contributed by atoms with Crippen LogP contribution >= 0.6 is 11.3 Å². The maximum atomic E-state index is 14.0. The highest BCUT2D eigenvalue weighted by Gasteiger charge is 2.32. The second-order valence-corrected chi connectivity index (χ2v) is 9.74. The summed E-state index contributed by atoms with van der Waals surface area (Å²) in [7, 11) is -3.78. The lowest BCUT2D eigenvalue weighted by Gasteiger charge is -2.35. The van der Waals surface area contributed by atoms with Crippen LogP contribution in [0.1, 0.15) is 35.9 Å². The van der Waals surface area contributed by atoms with E-state index in [1.165, 1.54) is 16.4 Å². The minimum absolute atomic E-state index is 0.0508. The topological polar surface area (TPSA) is 69.7 Å². The minimum atomic E-state index is -3.78. The first kappa shape index (κ1) is 21.7. The molecule has 1 amide bonds. The van der Waals surface area contributed by atoms with Gasteiger partial charge in [-0.05, 0) is 30.0 Å². The number of rotatable bonds is 8. The number of nitrogens with zero attached hydrogens (tertiary/aromatic N) is 2. The third kappa shape index (κ3) is 4.96. The Morgan fingerprint density at radius 2 is 1.86 bits per heavy atom. The number of piperazine rings is 1. The van der Waals surface area contributed by atoms with Gasteiger partial charge >= 0.3 is 0 Å². The van der Waals surface area contributed by atoms with E-state index in [1.54, 1.807) is 23.6 Å². The lowest BCUT2D eigenvalue weighted by molar-refractivity contribution is 0.0954. The Morgan fingerprint density at radius 3 is 2.55 bits per heavy atom. The molecule has 29 heavy (non-hydrogen) atoms. The second kappa shape index (κ2) is 9.69. The molecule has 1 aliphatic rings. The van der Waals surface area contributed by atoms with Crippen LogP contribution in [-0.2, 0) is 10.0 Å². The summed E-state index contributed by atoms with van der Waals surface area (Å²) in [5.74, 6) is -0.664. The van der Waals surface area contributed by atoms with Crippen molar-refractivity contribution < 1.29 is 17.6 Å². The summed E-state index contributed by atoms with van der Waals surface area (Å²) in [6.07, 6.45) is 2.93. The molecular weight excluding hydrogens is 413 g/mol. The standard InChI is InChI=1S/C20H26FN3O3S2/c1-2-3-6-10-22-20(25)19-18(9-15-28-19)29(26,27)24-13-11-23(12-14-24)17-8-5-4-7-16(17)21/h4-5,7-9,15H,2-3,6,10-14H2,1H3,(H,22,25). The highest BCUT2D eigenvalue weighted by atomic mass is 32.2. The Bertz CT molecular complexity index is 938. The lowest BCUT2D eigenvalue weighted by atomic mass is 10.2. The van der Waals surface area contributed by atoms with Crippen molar-refractivity contribution in [1.82, 2.24) is 9.62 Å². The molecule has 9 heteroatoms. The molecule has 0 atom stereocenters. The van der Waals surface area contributed by atoms with Crippen LogP contribution in [-0.4, -0.2) is 51.4 Å². The first-order valence-electron chi connectivity index (χ1n) is 9.80. The molecule has 0 saturated carbocycles. The normalized spacial score (nSPS) is 15.4. The summed E-state index contributed by atoms with van der Waals surface area (Å²) in [6, 6.07) is 7.97. The average Bonchev–Trinajstić information content (AvgIpc) is 3.23. The average molecular weight is 440 g/mol. The van der Waals surface area contributed by atoms with Gasteiger partial charge < -0.3 is 10.2 Å². The molecule has 1 aromatic heterocycles. The largest absolute Gasteiger partial charge is 0.367 e. The molecule has 6 nitrogen and oxygen atoms in total. The van der Waals surface area contributed by atoms with E-state index < -0.39 is 10.0 Å². The molecule has 158 valence electrons. The van der Waals surface area contributed by atoms with Gasteiger partial charge in [-0.1, -0.05) is 31.9 Å². The Morgan fingerprint density at radius 1 is 1.14 bits per heavy atom. The fourth-order valence-electron chi connectivity index (χ4n) is 3.34. The summed E-state index contributed by atoms with van der Waals surface area (Å²) >= 11 is 1.13. The van der Waals surface area contributed by atoms with Crippen LogP contribution in [0.3, 0.4) is 0 Å². The third-order valence-corrected chi connectivity index (χ3v) is 7.93. The molecule has 1 aromatic carbocycles. The molecule has 1 saturated heterocycles. The molecule has 1 N–H and O–H groups in total. The Hall–Kier alpha value is -1.97. The minimum Gasteiger partial charge on any atom is -0.367 e. The number of halogens is 1. The lowest BCUT2D eigenvalue weighted by Crippen LogP contribution is -2.49.